The Labute approximate surface area is 176 Å². The maximum Gasteiger partial charge on any atom is 0.227 e. The molecular formula is C19H18BrCl3N2O. The Morgan fingerprint density at radius 1 is 1.08 bits per heavy atom. The van der Waals surface area contributed by atoms with Gasteiger partial charge in [-0.05, 0) is 72.2 Å². The van der Waals surface area contributed by atoms with Gasteiger partial charge < -0.3 is 5.32 Å². The van der Waals surface area contributed by atoms with Crippen molar-refractivity contribution in [1.82, 2.24) is 4.90 Å². The fourth-order valence-corrected chi connectivity index (χ4v) is 4.02. The third-order valence-corrected chi connectivity index (χ3v) is 6.53. The number of likely N-dealkylation sites (tertiary alicyclic amines) is 1. The number of piperidine rings is 1. The predicted octanol–water partition coefficient (Wildman–Crippen LogP) is 6.26. The molecule has 2 aromatic rings. The van der Waals surface area contributed by atoms with Crippen LogP contribution in [0.25, 0.3) is 0 Å². The normalized spacial score (nSPS) is 15.8. The van der Waals surface area contributed by atoms with Crippen LogP contribution in [0.4, 0.5) is 5.69 Å². The molecule has 1 amide bonds. The summed E-state index contributed by atoms with van der Waals surface area (Å²) in [6.07, 6.45) is 1.61. The van der Waals surface area contributed by atoms with Gasteiger partial charge in [-0.1, -0.05) is 40.9 Å². The zero-order chi connectivity index (χ0) is 18.7. The number of carbonyl (C=O) groups is 1. The fraction of sp³-hybridized carbons (Fsp3) is 0.316. The molecule has 1 fully saturated rings. The molecule has 26 heavy (non-hydrogen) atoms. The number of benzene rings is 2. The standard InChI is InChI=1S/C19H18BrCl3N2O/c20-15-5-4-13(10-18(15)23)24-19(26)12-6-8-25(9-7-12)11-14-16(21)2-1-3-17(14)22/h1-5,10,12H,6-9,11H2,(H,24,26). The summed E-state index contributed by atoms with van der Waals surface area (Å²) in [6, 6.07) is 11.0. The van der Waals surface area contributed by atoms with Gasteiger partial charge in [-0.25, -0.2) is 0 Å². The van der Waals surface area contributed by atoms with Gasteiger partial charge in [0.15, 0.2) is 0 Å². The van der Waals surface area contributed by atoms with Crippen LogP contribution >= 0.6 is 50.7 Å². The summed E-state index contributed by atoms with van der Waals surface area (Å²) in [6.45, 7) is 2.37. The first-order chi connectivity index (χ1) is 12.4. The van der Waals surface area contributed by atoms with Crippen LogP contribution < -0.4 is 5.32 Å². The number of halogens is 4. The highest BCUT2D eigenvalue weighted by molar-refractivity contribution is 9.10. The molecule has 1 aliphatic rings. The quantitative estimate of drug-likeness (QED) is 0.565. The molecular weight excluding hydrogens is 458 g/mol. The first-order valence-electron chi connectivity index (χ1n) is 8.35. The maximum absolute atomic E-state index is 12.5. The lowest BCUT2D eigenvalue weighted by atomic mass is 9.95. The molecule has 138 valence electrons. The molecule has 1 saturated heterocycles. The summed E-state index contributed by atoms with van der Waals surface area (Å²) in [7, 11) is 0. The van der Waals surface area contributed by atoms with E-state index in [9.17, 15) is 4.79 Å². The zero-order valence-electron chi connectivity index (χ0n) is 13.9. The minimum absolute atomic E-state index is 0.00427. The molecule has 7 heteroatoms. The van der Waals surface area contributed by atoms with Gasteiger partial charge in [0, 0.05) is 38.2 Å². The molecule has 0 aromatic heterocycles. The number of amides is 1. The maximum atomic E-state index is 12.5. The van der Waals surface area contributed by atoms with E-state index in [1.807, 2.05) is 30.3 Å². The third-order valence-electron chi connectivity index (χ3n) is 4.59. The Morgan fingerprint density at radius 3 is 2.35 bits per heavy atom. The molecule has 3 nitrogen and oxygen atoms in total. The summed E-state index contributed by atoms with van der Waals surface area (Å²) in [4.78, 5) is 14.8. The Balaban J connectivity index is 1.54. The number of anilines is 1. The van der Waals surface area contributed by atoms with Crippen LogP contribution in [0.15, 0.2) is 40.9 Å². The fourth-order valence-electron chi connectivity index (χ4n) is 3.08. The van der Waals surface area contributed by atoms with Crippen molar-refractivity contribution in [2.75, 3.05) is 18.4 Å². The van der Waals surface area contributed by atoms with Crippen LogP contribution in [0.5, 0.6) is 0 Å². The third kappa shape index (κ3) is 4.93. The van der Waals surface area contributed by atoms with Crippen molar-refractivity contribution in [2.45, 2.75) is 19.4 Å². The van der Waals surface area contributed by atoms with Crippen molar-refractivity contribution in [2.24, 2.45) is 5.92 Å². The molecule has 0 aliphatic carbocycles. The molecule has 3 rings (SSSR count). The van der Waals surface area contributed by atoms with Crippen molar-refractivity contribution >= 4 is 62.3 Å². The number of hydrogen-bond donors (Lipinski definition) is 1. The molecule has 1 heterocycles. The lowest BCUT2D eigenvalue weighted by molar-refractivity contribution is -0.121. The van der Waals surface area contributed by atoms with Crippen LogP contribution in [0.2, 0.25) is 15.1 Å². The molecule has 2 aromatic carbocycles. The molecule has 0 radical (unpaired) electrons. The lowest BCUT2D eigenvalue weighted by Crippen LogP contribution is -2.37. The van der Waals surface area contributed by atoms with Crippen LogP contribution in [0, 0.1) is 5.92 Å². The smallest absolute Gasteiger partial charge is 0.227 e. The first kappa shape index (κ1) is 20.0. The lowest BCUT2D eigenvalue weighted by Gasteiger charge is -2.31. The van der Waals surface area contributed by atoms with Gasteiger partial charge in [0.05, 0.1) is 5.02 Å². The number of nitrogens with zero attached hydrogens (tertiary/aromatic N) is 1. The first-order valence-corrected chi connectivity index (χ1v) is 10.3. The van der Waals surface area contributed by atoms with E-state index in [0.29, 0.717) is 27.3 Å². The monoisotopic (exact) mass is 474 g/mol. The topological polar surface area (TPSA) is 32.3 Å². The molecule has 1 aliphatic heterocycles. The van der Waals surface area contributed by atoms with E-state index in [4.69, 9.17) is 34.8 Å². The molecule has 1 N–H and O–H groups in total. The van der Waals surface area contributed by atoms with Crippen molar-refractivity contribution in [3.05, 3.63) is 61.5 Å². The highest BCUT2D eigenvalue weighted by Gasteiger charge is 2.25. The van der Waals surface area contributed by atoms with Gasteiger partial charge >= 0.3 is 0 Å². The Bertz CT molecular complexity index is 787. The SMILES string of the molecule is O=C(Nc1ccc(Br)c(Cl)c1)C1CCN(Cc2c(Cl)cccc2Cl)CC1. The average molecular weight is 477 g/mol. The minimum atomic E-state index is -0.00427. The molecule has 0 atom stereocenters. The van der Waals surface area contributed by atoms with E-state index in [-0.39, 0.29) is 11.8 Å². The summed E-state index contributed by atoms with van der Waals surface area (Å²) in [5.41, 5.74) is 1.66. The van der Waals surface area contributed by atoms with Crippen molar-refractivity contribution < 1.29 is 4.79 Å². The minimum Gasteiger partial charge on any atom is -0.326 e. The molecule has 0 saturated carbocycles. The van der Waals surface area contributed by atoms with Gasteiger partial charge in [0.25, 0.3) is 0 Å². The van der Waals surface area contributed by atoms with E-state index < -0.39 is 0 Å². The highest BCUT2D eigenvalue weighted by Crippen LogP contribution is 2.29. The van der Waals surface area contributed by atoms with E-state index in [2.05, 4.69) is 26.1 Å². The summed E-state index contributed by atoms with van der Waals surface area (Å²) in [5, 5.41) is 4.90. The molecule has 0 unspecified atom stereocenters. The van der Waals surface area contributed by atoms with E-state index >= 15 is 0 Å². The Hall–Kier alpha value is -0.780. The molecule has 0 spiro atoms. The van der Waals surface area contributed by atoms with E-state index in [0.717, 1.165) is 36.0 Å². The van der Waals surface area contributed by atoms with Gasteiger partial charge in [-0.2, -0.15) is 0 Å². The van der Waals surface area contributed by atoms with Crippen molar-refractivity contribution in [3.63, 3.8) is 0 Å². The second-order valence-corrected chi connectivity index (χ2v) is 8.44. The van der Waals surface area contributed by atoms with Gasteiger partial charge in [-0.3, -0.25) is 9.69 Å². The number of nitrogens with one attached hydrogen (secondary N) is 1. The van der Waals surface area contributed by atoms with Crippen LogP contribution in [0.1, 0.15) is 18.4 Å². The van der Waals surface area contributed by atoms with Crippen molar-refractivity contribution in [3.8, 4) is 0 Å². The number of rotatable bonds is 4. The van der Waals surface area contributed by atoms with Crippen molar-refractivity contribution in [1.29, 1.82) is 0 Å². The van der Waals surface area contributed by atoms with Gasteiger partial charge in [-0.15, -0.1) is 0 Å². The average Bonchev–Trinajstić information content (AvgIpc) is 2.62. The Morgan fingerprint density at radius 2 is 1.73 bits per heavy atom. The summed E-state index contributed by atoms with van der Waals surface area (Å²) >= 11 is 21.9. The summed E-state index contributed by atoms with van der Waals surface area (Å²) in [5.74, 6) is 0.0363. The highest BCUT2D eigenvalue weighted by atomic mass is 79.9. The van der Waals surface area contributed by atoms with Gasteiger partial charge in [0.1, 0.15) is 0 Å². The second kappa shape index (κ2) is 8.94. The van der Waals surface area contributed by atoms with Crippen LogP contribution in [-0.4, -0.2) is 23.9 Å². The largest absolute Gasteiger partial charge is 0.326 e. The van der Waals surface area contributed by atoms with Gasteiger partial charge in [0.2, 0.25) is 5.91 Å². The Kier molecular flexibility index (Phi) is 6.87. The second-order valence-electron chi connectivity index (χ2n) is 6.37. The molecule has 0 bridgehead atoms. The van der Waals surface area contributed by atoms with Crippen LogP contribution in [0.3, 0.4) is 0 Å². The predicted molar refractivity (Wildman–Crippen MR) is 112 cm³/mol. The summed E-state index contributed by atoms with van der Waals surface area (Å²) < 4.78 is 0.809. The number of hydrogen-bond acceptors (Lipinski definition) is 2. The zero-order valence-corrected chi connectivity index (χ0v) is 17.8. The van der Waals surface area contributed by atoms with E-state index in [1.54, 1.807) is 6.07 Å². The van der Waals surface area contributed by atoms with E-state index in [1.165, 1.54) is 0 Å². The number of carbonyl (C=O) groups excluding carboxylic acids is 1. The van der Waals surface area contributed by atoms with Crippen LogP contribution in [-0.2, 0) is 11.3 Å².